The van der Waals surface area contributed by atoms with Crippen molar-refractivity contribution in [2.45, 2.75) is 19.9 Å². The van der Waals surface area contributed by atoms with E-state index in [9.17, 15) is 9.90 Å². The third-order valence-electron chi connectivity index (χ3n) is 2.88. The minimum atomic E-state index is -0.880. The second kappa shape index (κ2) is 6.37. The summed E-state index contributed by atoms with van der Waals surface area (Å²) in [6, 6.07) is 6.77. The van der Waals surface area contributed by atoms with Gasteiger partial charge in [-0.3, -0.25) is 9.69 Å². The Kier molecular flexibility index (Phi) is 5.12. The molecule has 17 heavy (non-hydrogen) atoms. The van der Waals surface area contributed by atoms with Gasteiger partial charge in [0.05, 0.1) is 6.61 Å². The van der Waals surface area contributed by atoms with Gasteiger partial charge in [-0.15, -0.1) is 0 Å². The molecule has 1 aromatic rings. The Morgan fingerprint density at radius 3 is 2.53 bits per heavy atom. The van der Waals surface area contributed by atoms with Gasteiger partial charge in [0.1, 0.15) is 6.04 Å². The average Bonchev–Trinajstić information content (AvgIpc) is 2.30. The summed E-state index contributed by atoms with van der Waals surface area (Å²) in [5, 5.41) is 18.3. The molecule has 0 aromatic heterocycles. The molecular formula is C13H19NO3. The van der Waals surface area contributed by atoms with Crippen LogP contribution in [0.25, 0.3) is 0 Å². The lowest BCUT2D eigenvalue weighted by Crippen LogP contribution is -2.36. The summed E-state index contributed by atoms with van der Waals surface area (Å²) >= 11 is 0. The van der Waals surface area contributed by atoms with E-state index >= 15 is 0 Å². The highest BCUT2D eigenvalue weighted by molar-refractivity contribution is 5.76. The summed E-state index contributed by atoms with van der Waals surface area (Å²) in [5.41, 5.74) is 1.74. The number of rotatable bonds is 6. The van der Waals surface area contributed by atoms with Crippen molar-refractivity contribution in [3.05, 3.63) is 35.4 Å². The van der Waals surface area contributed by atoms with Gasteiger partial charge >= 0.3 is 5.97 Å². The van der Waals surface area contributed by atoms with Gasteiger partial charge in [-0.25, -0.2) is 0 Å². The molecule has 0 aliphatic heterocycles. The Bertz CT molecular complexity index is 379. The van der Waals surface area contributed by atoms with Crippen LogP contribution in [-0.2, 0) is 4.79 Å². The first kappa shape index (κ1) is 13.7. The van der Waals surface area contributed by atoms with Gasteiger partial charge in [0.25, 0.3) is 0 Å². The van der Waals surface area contributed by atoms with Crippen molar-refractivity contribution in [3.8, 4) is 0 Å². The topological polar surface area (TPSA) is 60.8 Å². The lowest BCUT2D eigenvalue weighted by Gasteiger charge is -2.28. The normalized spacial score (nSPS) is 12.7. The molecule has 2 N–H and O–H groups in total. The van der Waals surface area contributed by atoms with Crippen molar-refractivity contribution in [1.29, 1.82) is 0 Å². The van der Waals surface area contributed by atoms with Crippen LogP contribution in [0, 0.1) is 6.92 Å². The average molecular weight is 237 g/mol. The molecule has 0 aliphatic carbocycles. The summed E-state index contributed by atoms with van der Waals surface area (Å²) < 4.78 is 0. The fourth-order valence-corrected chi connectivity index (χ4v) is 1.98. The highest BCUT2D eigenvalue weighted by Crippen LogP contribution is 2.23. The third-order valence-corrected chi connectivity index (χ3v) is 2.88. The molecule has 0 bridgehead atoms. The summed E-state index contributed by atoms with van der Waals surface area (Å²) in [6.45, 7) is 4.71. The number of aliphatic hydroxyl groups is 1. The van der Waals surface area contributed by atoms with Crippen LogP contribution in [0.5, 0.6) is 0 Å². The Morgan fingerprint density at radius 2 is 2.06 bits per heavy atom. The largest absolute Gasteiger partial charge is 0.480 e. The van der Waals surface area contributed by atoms with Crippen LogP contribution >= 0.6 is 0 Å². The fraction of sp³-hybridized carbons (Fsp3) is 0.462. The highest BCUT2D eigenvalue weighted by Gasteiger charge is 2.26. The van der Waals surface area contributed by atoms with Crippen molar-refractivity contribution in [3.63, 3.8) is 0 Å². The first-order chi connectivity index (χ1) is 8.11. The fourth-order valence-electron chi connectivity index (χ4n) is 1.98. The number of aliphatic carboxylic acids is 1. The van der Waals surface area contributed by atoms with E-state index in [1.807, 2.05) is 38.1 Å². The van der Waals surface area contributed by atoms with Crippen LogP contribution in [-0.4, -0.2) is 40.8 Å². The monoisotopic (exact) mass is 237 g/mol. The first-order valence-electron chi connectivity index (χ1n) is 5.75. The zero-order chi connectivity index (χ0) is 12.8. The van der Waals surface area contributed by atoms with Gasteiger partial charge in [-0.05, 0) is 24.6 Å². The molecule has 1 aromatic carbocycles. The molecule has 4 nitrogen and oxygen atoms in total. The minimum Gasteiger partial charge on any atom is -0.480 e. The van der Waals surface area contributed by atoms with Crippen molar-refractivity contribution in [1.82, 2.24) is 4.90 Å². The number of likely N-dealkylation sites (N-methyl/N-ethyl adjacent to an activating group) is 1. The number of hydrogen-bond donors (Lipinski definition) is 2. The standard InChI is InChI=1S/C13H19NO3/c1-3-14(8-9-15)12(13(16)17)11-7-5-4-6-10(11)2/h4-7,12,15H,3,8-9H2,1-2H3,(H,16,17). The Morgan fingerprint density at radius 1 is 1.41 bits per heavy atom. The third kappa shape index (κ3) is 3.28. The van der Waals surface area contributed by atoms with Crippen LogP contribution in [0.2, 0.25) is 0 Å². The number of nitrogens with zero attached hydrogens (tertiary/aromatic N) is 1. The van der Waals surface area contributed by atoms with E-state index in [2.05, 4.69) is 0 Å². The van der Waals surface area contributed by atoms with Gasteiger partial charge in [-0.2, -0.15) is 0 Å². The number of carbonyl (C=O) groups is 1. The van der Waals surface area contributed by atoms with Crippen LogP contribution in [0.1, 0.15) is 24.1 Å². The van der Waals surface area contributed by atoms with E-state index in [0.717, 1.165) is 11.1 Å². The van der Waals surface area contributed by atoms with Crippen LogP contribution in [0.4, 0.5) is 0 Å². The van der Waals surface area contributed by atoms with E-state index in [-0.39, 0.29) is 6.61 Å². The van der Waals surface area contributed by atoms with E-state index < -0.39 is 12.0 Å². The maximum Gasteiger partial charge on any atom is 0.325 e. The quantitative estimate of drug-likeness (QED) is 0.786. The van der Waals surface area contributed by atoms with Crippen molar-refractivity contribution >= 4 is 5.97 Å². The molecule has 1 atom stereocenters. The molecule has 0 fully saturated rings. The molecule has 0 saturated heterocycles. The molecule has 94 valence electrons. The second-order valence-electron chi connectivity index (χ2n) is 3.95. The SMILES string of the molecule is CCN(CCO)C(C(=O)O)c1ccccc1C. The predicted molar refractivity (Wildman–Crippen MR) is 65.9 cm³/mol. The minimum absolute atomic E-state index is 0.0382. The molecule has 0 aliphatic rings. The maximum absolute atomic E-state index is 11.4. The summed E-state index contributed by atoms with van der Waals surface area (Å²) in [6.07, 6.45) is 0. The van der Waals surface area contributed by atoms with E-state index in [1.165, 1.54) is 0 Å². The first-order valence-corrected chi connectivity index (χ1v) is 5.75. The number of carboxylic acids is 1. The smallest absolute Gasteiger partial charge is 0.325 e. The number of benzene rings is 1. The van der Waals surface area contributed by atoms with Gasteiger partial charge in [0.2, 0.25) is 0 Å². The summed E-state index contributed by atoms with van der Waals surface area (Å²) in [4.78, 5) is 13.2. The molecule has 0 amide bonds. The zero-order valence-corrected chi connectivity index (χ0v) is 10.3. The van der Waals surface area contributed by atoms with Crippen molar-refractivity contribution in [2.75, 3.05) is 19.7 Å². The maximum atomic E-state index is 11.4. The molecule has 0 heterocycles. The predicted octanol–water partition coefficient (Wildman–Crippen LogP) is 1.43. The van der Waals surface area contributed by atoms with Crippen molar-refractivity contribution in [2.24, 2.45) is 0 Å². The van der Waals surface area contributed by atoms with E-state index in [1.54, 1.807) is 4.90 Å². The molecule has 1 rings (SSSR count). The molecule has 0 radical (unpaired) electrons. The second-order valence-corrected chi connectivity index (χ2v) is 3.95. The Balaban J connectivity index is 3.08. The molecule has 0 spiro atoms. The van der Waals surface area contributed by atoms with Crippen LogP contribution < -0.4 is 0 Å². The molecule has 1 unspecified atom stereocenters. The number of carboxylic acid groups (broad SMARTS) is 1. The van der Waals surface area contributed by atoms with Crippen LogP contribution in [0.15, 0.2) is 24.3 Å². The number of aryl methyl sites for hydroxylation is 1. The van der Waals surface area contributed by atoms with Gasteiger partial charge in [0.15, 0.2) is 0 Å². The lowest BCUT2D eigenvalue weighted by molar-refractivity contribution is -0.143. The number of hydrogen-bond acceptors (Lipinski definition) is 3. The highest BCUT2D eigenvalue weighted by atomic mass is 16.4. The Hall–Kier alpha value is -1.39. The van der Waals surface area contributed by atoms with Gasteiger partial charge < -0.3 is 10.2 Å². The molecular weight excluding hydrogens is 218 g/mol. The summed E-state index contributed by atoms with van der Waals surface area (Å²) in [7, 11) is 0. The van der Waals surface area contributed by atoms with E-state index in [4.69, 9.17) is 5.11 Å². The zero-order valence-electron chi connectivity index (χ0n) is 10.3. The van der Waals surface area contributed by atoms with Crippen LogP contribution in [0.3, 0.4) is 0 Å². The number of aliphatic hydroxyl groups excluding tert-OH is 1. The molecule has 0 saturated carbocycles. The lowest BCUT2D eigenvalue weighted by atomic mass is 10.00. The van der Waals surface area contributed by atoms with Crippen molar-refractivity contribution < 1.29 is 15.0 Å². The van der Waals surface area contributed by atoms with Gasteiger partial charge in [-0.1, -0.05) is 31.2 Å². The Labute approximate surface area is 101 Å². The van der Waals surface area contributed by atoms with E-state index in [0.29, 0.717) is 13.1 Å². The van der Waals surface area contributed by atoms with Gasteiger partial charge in [0, 0.05) is 6.54 Å². The molecule has 4 heteroatoms. The summed E-state index contributed by atoms with van der Waals surface area (Å²) in [5.74, 6) is -0.880.